The second kappa shape index (κ2) is 7.59. The van der Waals surface area contributed by atoms with Crippen molar-refractivity contribution in [3.8, 4) is 0 Å². The molecular weight excluding hydrogens is 294 g/mol. The normalized spacial score (nSPS) is 13.3. The van der Waals surface area contributed by atoms with Gasteiger partial charge in [-0.05, 0) is 24.8 Å². The van der Waals surface area contributed by atoms with Gasteiger partial charge in [-0.25, -0.2) is 4.79 Å². The third kappa shape index (κ3) is 6.82. The Morgan fingerprint density at radius 2 is 1.70 bits per heavy atom. The Bertz CT molecular complexity index is 526. The second-order valence-corrected chi connectivity index (χ2v) is 7.31. The number of benzene rings is 1. The molecule has 23 heavy (non-hydrogen) atoms. The van der Waals surface area contributed by atoms with Gasteiger partial charge < -0.3 is 15.2 Å². The van der Waals surface area contributed by atoms with E-state index in [-0.39, 0.29) is 24.2 Å². The molecule has 0 aliphatic heterocycles. The van der Waals surface area contributed by atoms with Crippen LogP contribution in [-0.2, 0) is 16.1 Å². The first kappa shape index (κ1) is 19.2. The van der Waals surface area contributed by atoms with Gasteiger partial charge in [-0.15, -0.1) is 0 Å². The van der Waals surface area contributed by atoms with Crippen LogP contribution < -0.4 is 5.32 Å². The number of Topliss-reactive ketones (excluding diaryl/α,β-unsaturated/α-hetero) is 1. The highest BCUT2D eigenvalue weighted by Gasteiger charge is 2.33. The predicted molar refractivity (Wildman–Crippen MR) is 88.9 cm³/mol. The van der Waals surface area contributed by atoms with Crippen LogP contribution in [0.5, 0.6) is 0 Å². The first-order chi connectivity index (χ1) is 10.5. The molecule has 0 saturated carbocycles. The molecule has 0 fully saturated rings. The Morgan fingerprint density at radius 1 is 1.13 bits per heavy atom. The lowest BCUT2D eigenvalue weighted by Gasteiger charge is -2.32. The van der Waals surface area contributed by atoms with E-state index >= 15 is 0 Å². The van der Waals surface area contributed by atoms with Crippen LogP contribution in [0.25, 0.3) is 0 Å². The molecule has 0 aliphatic rings. The molecule has 0 unspecified atom stereocenters. The Hall–Kier alpha value is -1.88. The molecule has 1 atom stereocenters. The van der Waals surface area contributed by atoms with E-state index < -0.39 is 17.7 Å². The van der Waals surface area contributed by atoms with Crippen molar-refractivity contribution in [2.75, 3.05) is 0 Å². The molecule has 0 heterocycles. The van der Waals surface area contributed by atoms with Crippen molar-refractivity contribution in [1.29, 1.82) is 0 Å². The molecule has 0 radical (unpaired) electrons. The number of nitrogens with one attached hydrogen (secondary N) is 1. The van der Waals surface area contributed by atoms with Gasteiger partial charge >= 0.3 is 6.09 Å². The van der Waals surface area contributed by atoms with Crippen LogP contribution in [0, 0.1) is 5.41 Å². The van der Waals surface area contributed by atoms with Crippen LogP contribution in [-0.4, -0.2) is 28.6 Å². The number of rotatable bonds is 6. The van der Waals surface area contributed by atoms with E-state index in [0.29, 0.717) is 0 Å². The first-order valence-electron chi connectivity index (χ1n) is 7.73. The van der Waals surface area contributed by atoms with Crippen LogP contribution in [0.4, 0.5) is 4.79 Å². The van der Waals surface area contributed by atoms with E-state index in [1.807, 2.05) is 51.1 Å². The monoisotopic (exact) mass is 321 g/mol. The highest BCUT2D eigenvalue weighted by Crippen LogP contribution is 2.24. The standard InChI is InChI=1S/C18H27NO4/c1-17(2,3)14(11-15(20)18(4,5)22)19-16(21)23-12-13-9-7-6-8-10-13/h6-10,14,22H,11-12H2,1-5H3,(H,19,21)/t14-/m1/s1. The van der Waals surface area contributed by atoms with Crippen molar-refractivity contribution in [3.05, 3.63) is 35.9 Å². The van der Waals surface area contributed by atoms with Crippen molar-refractivity contribution in [2.45, 2.75) is 59.3 Å². The fraction of sp³-hybridized carbons (Fsp3) is 0.556. The topological polar surface area (TPSA) is 75.6 Å². The highest BCUT2D eigenvalue weighted by molar-refractivity contribution is 5.87. The van der Waals surface area contributed by atoms with Gasteiger partial charge in [0.1, 0.15) is 12.2 Å². The maximum Gasteiger partial charge on any atom is 0.407 e. The Labute approximate surface area is 138 Å². The van der Waals surface area contributed by atoms with E-state index in [9.17, 15) is 14.7 Å². The lowest BCUT2D eigenvalue weighted by Crippen LogP contribution is -2.47. The first-order valence-corrected chi connectivity index (χ1v) is 7.73. The summed E-state index contributed by atoms with van der Waals surface area (Å²) >= 11 is 0. The average Bonchev–Trinajstić information content (AvgIpc) is 2.43. The summed E-state index contributed by atoms with van der Waals surface area (Å²) in [6.07, 6.45) is -0.523. The van der Waals surface area contributed by atoms with E-state index in [4.69, 9.17) is 4.74 Å². The van der Waals surface area contributed by atoms with Gasteiger partial charge in [-0.2, -0.15) is 0 Å². The zero-order valence-electron chi connectivity index (χ0n) is 14.6. The van der Waals surface area contributed by atoms with E-state index in [2.05, 4.69) is 5.32 Å². The number of carbonyl (C=O) groups is 2. The lowest BCUT2D eigenvalue weighted by molar-refractivity contribution is -0.135. The summed E-state index contributed by atoms with van der Waals surface area (Å²) < 4.78 is 5.20. The minimum Gasteiger partial charge on any atom is -0.445 e. The quantitative estimate of drug-likeness (QED) is 0.844. The lowest BCUT2D eigenvalue weighted by atomic mass is 9.82. The molecule has 1 rings (SSSR count). The van der Waals surface area contributed by atoms with Gasteiger partial charge in [0.15, 0.2) is 5.78 Å². The van der Waals surface area contributed by atoms with E-state index in [1.165, 1.54) is 13.8 Å². The van der Waals surface area contributed by atoms with Gasteiger partial charge in [-0.3, -0.25) is 4.79 Å². The van der Waals surface area contributed by atoms with Gasteiger partial charge in [-0.1, -0.05) is 51.1 Å². The molecule has 0 bridgehead atoms. The summed E-state index contributed by atoms with van der Waals surface area (Å²) in [4.78, 5) is 24.0. The fourth-order valence-electron chi connectivity index (χ4n) is 1.92. The minimum absolute atomic E-state index is 0.0490. The van der Waals surface area contributed by atoms with Crippen molar-refractivity contribution < 1.29 is 19.4 Å². The Kier molecular flexibility index (Phi) is 6.33. The molecule has 0 saturated heterocycles. The maximum atomic E-state index is 12.0. The van der Waals surface area contributed by atoms with E-state index in [0.717, 1.165) is 5.56 Å². The number of hydrogen-bond acceptors (Lipinski definition) is 4. The van der Waals surface area contributed by atoms with Gasteiger partial charge in [0.05, 0.1) is 0 Å². The predicted octanol–water partition coefficient (Wildman–Crippen LogP) is 3.06. The second-order valence-electron chi connectivity index (χ2n) is 7.31. The number of aliphatic hydroxyl groups is 1. The zero-order chi connectivity index (χ0) is 17.7. The van der Waals surface area contributed by atoms with Gasteiger partial charge in [0, 0.05) is 12.5 Å². The molecule has 0 aliphatic carbocycles. The molecule has 1 amide bonds. The molecule has 0 aromatic heterocycles. The maximum absolute atomic E-state index is 12.0. The Morgan fingerprint density at radius 3 is 2.17 bits per heavy atom. The third-order valence-electron chi connectivity index (χ3n) is 3.62. The van der Waals surface area contributed by atoms with Crippen molar-refractivity contribution >= 4 is 11.9 Å². The summed E-state index contributed by atoms with van der Waals surface area (Å²) in [5.74, 6) is -0.319. The number of ether oxygens (including phenoxy) is 1. The molecule has 128 valence electrons. The number of hydrogen-bond donors (Lipinski definition) is 2. The summed E-state index contributed by atoms with van der Waals surface area (Å²) in [5, 5.41) is 12.5. The summed E-state index contributed by atoms with van der Waals surface area (Å²) in [5.41, 5.74) is -0.867. The molecular formula is C18H27NO4. The summed E-state index contributed by atoms with van der Waals surface area (Å²) in [7, 11) is 0. The zero-order valence-corrected chi connectivity index (χ0v) is 14.6. The van der Waals surface area contributed by atoms with Crippen molar-refractivity contribution in [1.82, 2.24) is 5.32 Å². The van der Waals surface area contributed by atoms with Crippen LogP contribution >= 0.6 is 0 Å². The Balaban J connectivity index is 2.63. The molecule has 0 spiro atoms. The van der Waals surface area contributed by atoms with Crippen LogP contribution in [0.2, 0.25) is 0 Å². The molecule has 1 aromatic rings. The SMILES string of the molecule is CC(C)(O)C(=O)C[C@@H](NC(=O)OCc1ccccc1)C(C)(C)C. The molecule has 5 heteroatoms. The average molecular weight is 321 g/mol. The van der Waals surface area contributed by atoms with Gasteiger partial charge in [0.2, 0.25) is 0 Å². The third-order valence-corrected chi connectivity index (χ3v) is 3.62. The van der Waals surface area contributed by atoms with Crippen LogP contribution in [0.1, 0.15) is 46.6 Å². The fourth-order valence-corrected chi connectivity index (χ4v) is 1.92. The minimum atomic E-state index is -1.42. The highest BCUT2D eigenvalue weighted by atomic mass is 16.5. The van der Waals surface area contributed by atoms with Gasteiger partial charge in [0.25, 0.3) is 0 Å². The van der Waals surface area contributed by atoms with Crippen molar-refractivity contribution in [2.24, 2.45) is 5.41 Å². The number of carbonyl (C=O) groups excluding carboxylic acids is 2. The van der Waals surface area contributed by atoms with Crippen LogP contribution in [0.3, 0.4) is 0 Å². The van der Waals surface area contributed by atoms with Crippen LogP contribution in [0.15, 0.2) is 30.3 Å². The smallest absolute Gasteiger partial charge is 0.407 e. The number of ketones is 1. The molecule has 5 nitrogen and oxygen atoms in total. The number of alkyl carbamates (subject to hydrolysis) is 1. The summed E-state index contributed by atoms with van der Waals surface area (Å²) in [6, 6.07) is 8.94. The number of amides is 1. The largest absolute Gasteiger partial charge is 0.445 e. The molecule has 1 aromatic carbocycles. The van der Waals surface area contributed by atoms with E-state index in [1.54, 1.807) is 0 Å². The van der Waals surface area contributed by atoms with Crippen molar-refractivity contribution in [3.63, 3.8) is 0 Å². The molecule has 2 N–H and O–H groups in total. The summed E-state index contributed by atoms with van der Waals surface area (Å²) in [6.45, 7) is 8.83.